The standard InChI is InChI=1S/C17H12Cl4O4/c18-10-3-1-4-11(7-10)24-16(22)5-2-6-17(23)25-15-9-13(20)12(19)8-14(15)21/h1,3-4,7-9H,2,5-6H2. The van der Waals surface area contributed by atoms with Crippen LogP contribution in [-0.4, -0.2) is 11.9 Å². The lowest BCUT2D eigenvalue weighted by Gasteiger charge is -2.08. The van der Waals surface area contributed by atoms with Gasteiger partial charge in [-0.1, -0.05) is 52.5 Å². The van der Waals surface area contributed by atoms with Crippen molar-refractivity contribution in [1.82, 2.24) is 0 Å². The normalized spacial score (nSPS) is 10.4. The Hall–Kier alpha value is -1.46. The van der Waals surface area contributed by atoms with E-state index in [9.17, 15) is 9.59 Å². The van der Waals surface area contributed by atoms with E-state index in [4.69, 9.17) is 55.9 Å². The molecule has 2 aromatic rings. The van der Waals surface area contributed by atoms with Gasteiger partial charge in [0.05, 0.1) is 15.1 Å². The first-order valence-corrected chi connectivity index (χ1v) is 8.68. The molecule has 0 bridgehead atoms. The van der Waals surface area contributed by atoms with Crippen LogP contribution in [0.3, 0.4) is 0 Å². The molecular formula is C17H12Cl4O4. The maximum atomic E-state index is 11.8. The summed E-state index contributed by atoms with van der Waals surface area (Å²) in [5.74, 6) is -0.552. The molecule has 4 nitrogen and oxygen atoms in total. The number of ether oxygens (including phenoxy) is 2. The number of esters is 2. The molecule has 0 atom stereocenters. The Morgan fingerprint density at radius 2 is 1.44 bits per heavy atom. The summed E-state index contributed by atoms with van der Waals surface area (Å²) in [7, 11) is 0. The maximum absolute atomic E-state index is 11.8. The first-order valence-electron chi connectivity index (χ1n) is 7.16. The van der Waals surface area contributed by atoms with Crippen molar-refractivity contribution in [2.24, 2.45) is 0 Å². The van der Waals surface area contributed by atoms with Gasteiger partial charge in [0.1, 0.15) is 5.75 Å². The number of carbonyl (C=O) groups is 2. The molecule has 25 heavy (non-hydrogen) atoms. The summed E-state index contributed by atoms with van der Waals surface area (Å²) >= 11 is 23.4. The molecule has 8 heteroatoms. The fraction of sp³-hybridized carbons (Fsp3) is 0.176. The fourth-order valence-corrected chi connectivity index (χ4v) is 2.60. The van der Waals surface area contributed by atoms with E-state index in [1.807, 2.05) is 0 Å². The van der Waals surface area contributed by atoms with E-state index >= 15 is 0 Å². The van der Waals surface area contributed by atoms with Crippen molar-refractivity contribution in [3.63, 3.8) is 0 Å². The topological polar surface area (TPSA) is 52.6 Å². The van der Waals surface area contributed by atoms with Crippen LogP contribution >= 0.6 is 46.4 Å². The van der Waals surface area contributed by atoms with Crippen molar-refractivity contribution in [3.8, 4) is 11.5 Å². The molecule has 0 spiro atoms. The molecule has 0 amide bonds. The minimum atomic E-state index is -0.546. The van der Waals surface area contributed by atoms with Crippen LogP contribution in [-0.2, 0) is 9.59 Å². The molecule has 0 aromatic heterocycles. The van der Waals surface area contributed by atoms with Crippen molar-refractivity contribution < 1.29 is 19.1 Å². The Labute approximate surface area is 164 Å². The molecule has 132 valence electrons. The predicted molar refractivity (Wildman–Crippen MR) is 98.0 cm³/mol. The molecule has 2 aromatic carbocycles. The Morgan fingerprint density at radius 3 is 2.12 bits per heavy atom. The van der Waals surface area contributed by atoms with E-state index in [-0.39, 0.29) is 40.1 Å². The first kappa shape index (κ1) is 19.9. The van der Waals surface area contributed by atoms with Gasteiger partial charge in [-0.15, -0.1) is 0 Å². The summed E-state index contributed by atoms with van der Waals surface area (Å²) in [6.07, 6.45) is 0.328. The van der Waals surface area contributed by atoms with Gasteiger partial charge in [-0.3, -0.25) is 9.59 Å². The lowest BCUT2D eigenvalue weighted by Crippen LogP contribution is -2.11. The summed E-state index contributed by atoms with van der Waals surface area (Å²) in [6, 6.07) is 9.23. The lowest BCUT2D eigenvalue weighted by atomic mass is 10.2. The smallest absolute Gasteiger partial charge is 0.311 e. The van der Waals surface area contributed by atoms with Gasteiger partial charge in [0.25, 0.3) is 0 Å². The number of benzene rings is 2. The molecule has 2 rings (SSSR count). The summed E-state index contributed by atoms with van der Waals surface area (Å²) in [5, 5.41) is 1.12. The third kappa shape index (κ3) is 6.40. The quantitative estimate of drug-likeness (QED) is 0.327. The highest BCUT2D eigenvalue weighted by Crippen LogP contribution is 2.34. The fourth-order valence-electron chi connectivity index (χ4n) is 1.85. The van der Waals surface area contributed by atoms with Gasteiger partial charge in [-0.05, 0) is 30.7 Å². The number of hydrogen-bond donors (Lipinski definition) is 0. The summed E-state index contributed by atoms with van der Waals surface area (Å²) in [5.41, 5.74) is 0. The van der Waals surface area contributed by atoms with Crippen LogP contribution in [0.4, 0.5) is 0 Å². The van der Waals surface area contributed by atoms with Crippen molar-refractivity contribution in [1.29, 1.82) is 0 Å². The number of carbonyl (C=O) groups excluding carboxylic acids is 2. The molecule has 0 saturated carbocycles. The van der Waals surface area contributed by atoms with Gasteiger partial charge in [0, 0.05) is 23.9 Å². The molecule has 0 radical (unpaired) electrons. The zero-order valence-corrected chi connectivity index (χ0v) is 15.8. The van der Waals surface area contributed by atoms with Crippen LogP contribution in [0.15, 0.2) is 36.4 Å². The molecule has 0 aliphatic carbocycles. The minimum Gasteiger partial charge on any atom is -0.426 e. The van der Waals surface area contributed by atoms with E-state index < -0.39 is 11.9 Å². The average Bonchev–Trinajstić information content (AvgIpc) is 2.52. The second-order valence-corrected chi connectivity index (χ2v) is 6.61. The Kier molecular flexibility index (Phi) is 7.38. The molecule has 0 aliphatic rings. The minimum absolute atomic E-state index is 0.0151. The van der Waals surface area contributed by atoms with Crippen LogP contribution in [0.5, 0.6) is 11.5 Å². The van der Waals surface area contributed by atoms with Crippen molar-refractivity contribution in [3.05, 3.63) is 56.5 Å². The van der Waals surface area contributed by atoms with Crippen LogP contribution in [0, 0.1) is 0 Å². The third-order valence-electron chi connectivity index (χ3n) is 2.99. The first-order chi connectivity index (χ1) is 11.8. The van der Waals surface area contributed by atoms with Gasteiger partial charge in [0.15, 0.2) is 5.75 Å². The van der Waals surface area contributed by atoms with E-state index in [2.05, 4.69) is 0 Å². The second-order valence-electron chi connectivity index (χ2n) is 4.96. The summed E-state index contributed by atoms with van der Waals surface area (Å²) < 4.78 is 10.2. The van der Waals surface area contributed by atoms with Gasteiger partial charge < -0.3 is 9.47 Å². The summed E-state index contributed by atoms with van der Waals surface area (Å²) in [6.45, 7) is 0. The van der Waals surface area contributed by atoms with Gasteiger partial charge in [-0.2, -0.15) is 0 Å². The van der Waals surface area contributed by atoms with E-state index in [0.29, 0.717) is 10.8 Å². The number of hydrogen-bond acceptors (Lipinski definition) is 4. The van der Waals surface area contributed by atoms with E-state index in [1.54, 1.807) is 18.2 Å². The predicted octanol–water partition coefficient (Wildman–Crippen LogP) is 5.98. The lowest BCUT2D eigenvalue weighted by molar-refractivity contribution is -0.136. The molecule has 0 unspecified atom stereocenters. The molecule has 0 fully saturated rings. The highest BCUT2D eigenvalue weighted by molar-refractivity contribution is 6.43. The average molecular weight is 422 g/mol. The van der Waals surface area contributed by atoms with Crippen molar-refractivity contribution >= 4 is 58.3 Å². The van der Waals surface area contributed by atoms with Crippen LogP contribution < -0.4 is 9.47 Å². The van der Waals surface area contributed by atoms with Gasteiger partial charge >= 0.3 is 11.9 Å². The SMILES string of the molecule is O=C(CCCC(=O)Oc1cc(Cl)c(Cl)cc1Cl)Oc1cccc(Cl)c1. The molecule has 0 heterocycles. The molecule has 0 aliphatic heterocycles. The zero-order chi connectivity index (χ0) is 18.4. The monoisotopic (exact) mass is 420 g/mol. The highest BCUT2D eigenvalue weighted by Gasteiger charge is 2.13. The largest absolute Gasteiger partial charge is 0.426 e. The van der Waals surface area contributed by atoms with Crippen molar-refractivity contribution in [2.75, 3.05) is 0 Å². The highest BCUT2D eigenvalue weighted by atomic mass is 35.5. The maximum Gasteiger partial charge on any atom is 0.311 e. The van der Waals surface area contributed by atoms with Crippen molar-refractivity contribution in [2.45, 2.75) is 19.3 Å². The van der Waals surface area contributed by atoms with Gasteiger partial charge in [-0.25, -0.2) is 0 Å². The summed E-state index contributed by atoms with van der Waals surface area (Å²) in [4.78, 5) is 23.5. The second kappa shape index (κ2) is 9.30. The van der Waals surface area contributed by atoms with Crippen LogP contribution in [0.25, 0.3) is 0 Å². The molecular weight excluding hydrogens is 410 g/mol. The van der Waals surface area contributed by atoms with E-state index in [1.165, 1.54) is 18.2 Å². The zero-order valence-electron chi connectivity index (χ0n) is 12.7. The van der Waals surface area contributed by atoms with Gasteiger partial charge in [0.2, 0.25) is 0 Å². The number of halogens is 4. The van der Waals surface area contributed by atoms with E-state index in [0.717, 1.165) is 0 Å². The van der Waals surface area contributed by atoms with Crippen LogP contribution in [0.2, 0.25) is 20.1 Å². The molecule has 0 saturated heterocycles. The van der Waals surface area contributed by atoms with Crippen LogP contribution in [0.1, 0.15) is 19.3 Å². The molecule has 0 N–H and O–H groups in total. The Morgan fingerprint density at radius 1 is 0.800 bits per heavy atom. The number of rotatable bonds is 6. The Balaban J connectivity index is 1.78. The third-order valence-corrected chi connectivity index (χ3v) is 4.24. The Bertz CT molecular complexity index is 792.